The van der Waals surface area contributed by atoms with E-state index in [0.717, 1.165) is 5.56 Å². The molecule has 0 fully saturated rings. The zero-order chi connectivity index (χ0) is 16.2. The Balaban J connectivity index is 1.72. The summed E-state index contributed by atoms with van der Waals surface area (Å²) in [6.07, 6.45) is 0.340. The molecule has 2 aromatic rings. The van der Waals surface area contributed by atoms with Crippen molar-refractivity contribution in [3.05, 3.63) is 59.7 Å². The van der Waals surface area contributed by atoms with Crippen LogP contribution in [0.25, 0.3) is 0 Å². The Morgan fingerprint density at radius 2 is 1.83 bits per heavy atom. The number of primary amides is 1. The smallest absolute Gasteiger partial charge is 0.252 e. The molecular formula is C17H16N2O4. The van der Waals surface area contributed by atoms with Crippen LogP contribution in [0.4, 0.5) is 0 Å². The number of amides is 2. The van der Waals surface area contributed by atoms with Gasteiger partial charge in [-0.2, -0.15) is 0 Å². The van der Waals surface area contributed by atoms with Gasteiger partial charge in [-0.05, 0) is 23.8 Å². The molecule has 118 valence electrons. The molecule has 0 aliphatic carbocycles. The van der Waals surface area contributed by atoms with Crippen molar-refractivity contribution in [1.29, 1.82) is 0 Å². The van der Waals surface area contributed by atoms with E-state index in [0.29, 0.717) is 23.5 Å². The number of carbonyl (C=O) groups excluding carboxylic acids is 2. The molecule has 6 heteroatoms. The number of benzene rings is 2. The topological polar surface area (TPSA) is 90.7 Å². The molecule has 0 saturated heterocycles. The van der Waals surface area contributed by atoms with E-state index in [-0.39, 0.29) is 12.7 Å². The Hall–Kier alpha value is -3.02. The maximum absolute atomic E-state index is 12.3. The number of nitrogens with two attached hydrogens (primary N) is 1. The zero-order valence-electron chi connectivity index (χ0n) is 12.3. The first-order valence-electron chi connectivity index (χ1n) is 7.17. The third kappa shape index (κ3) is 3.42. The number of fused-ring (bicyclic) bond motifs is 1. The van der Waals surface area contributed by atoms with Crippen molar-refractivity contribution >= 4 is 11.8 Å². The molecule has 0 saturated carbocycles. The van der Waals surface area contributed by atoms with Gasteiger partial charge in [0.2, 0.25) is 12.7 Å². The standard InChI is InChI=1S/C17H16N2O4/c18-16(20)13(8-11-4-2-1-3-5-11)19-17(21)12-6-7-14-15(9-12)23-10-22-14/h1-7,9,13H,8,10H2,(H2,18,20)(H,19,21)/t13-/m1/s1. The van der Waals surface area contributed by atoms with Crippen molar-refractivity contribution in [2.45, 2.75) is 12.5 Å². The van der Waals surface area contributed by atoms with Crippen molar-refractivity contribution in [2.75, 3.05) is 6.79 Å². The minimum atomic E-state index is -0.782. The second-order valence-corrected chi connectivity index (χ2v) is 5.19. The van der Waals surface area contributed by atoms with Crippen LogP contribution in [0.15, 0.2) is 48.5 Å². The summed E-state index contributed by atoms with van der Waals surface area (Å²) in [5.41, 5.74) is 6.70. The van der Waals surface area contributed by atoms with Gasteiger partial charge in [0.05, 0.1) is 0 Å². The van der Waals surface area contributed by atoms with E-state index in [2.05, 4.69) is 5.32 Å². The van der Waals surface area contributed by atoms with Crippen molar-refractivity contribution in [3.8, 4) is 11.5 Å². The molecule has 3 rings (SSSR count). The van der Waals surface area contributed by atoms with Crippen LogP contribution < -0.4 is 20.5 Å². The summed E-state index contributed by atoms with van der Waals surface area (Å²) in [5, 5.41) is 2.66. The van der Waals surface area contributed by atoms with Gasteiger partial charge in [0.15, 0.2) is 11.5 Å². The number of rotatable bonds is 5. The summed E-state index contributed by atoms with van der Waals surface area (Å²) in [4.78, 5) is 24.0. The van der Waals surface area contributed by atoms with Gasteiger partial charge in [0.1, 0.15) is 6.04 Å². The lowest BCUT2D eigenvalue weighted by molar-refractivity contribution is -0.119. The average Bonchev–Trinajstić information content (AvgIpc) is 3.02. The SMILES string of the molecule is NC(=O)[C@@H](Cc1ccccc1)NC(=O)c1ccc2c(c1)OCO2. The van der Waals surface area contributed by atoms with Crippen molar-refractivity contribution in [2.24, 2.45) is 5.73 Å². The summed E-state index contributed by atoms with van der Waals surface area (Å²) in [7, 11) is 0. The highest BCUT2D eigenvalue weighted by Gasteiger charge is 2.21. The molecule has 0 unspecified atom stereocenters. The average molecular weight is 312 g/mol. The fourth-order valence-corrected chi connectivity index (χ4v) is 2.35. The maximum atomic E-state index is 12.3. The normalized spacial score (nSPS) is 13.4. The van der Waals surface area contributed by atoms with Crippen LogP contribution in [0.3, 0.4) is 0 Å². The van der Waals surface area contributed by atoms with E-state index in [4.69, 9.17) is 15.2 Å². The van der Waals surface area contributed by atoms with Gasteiger partial charge in [-0.1, -0.05) is 30.3 Å². The Morgan fingerprint density at radius 3 is 2.57 bits per heavy atom. The van der Waals surface area contributed by atoms with Crippen LogP contribution in [0.2, 0.25) is 0 Å². The third-order valence-electron chi connectivity index (χ3n) is 3.57. The van der Waals surface area contributed by atoms with Crippen LogP contribution in [-0.4, -0.2) is 24.6 Å². The molecule has 0 aromatic heterocycles. The van der Waals surface area contributed by atoms with E-state index < -0.39 is 11.9 Å². The van der Waals surface area contributed by atoms with Crippen LogP contribution >= 0.6 is 0 Å². The van der Waals surface area contributed by atoms with E-state index in [1.165, 1.54) is 0 Å². The molecule has 0 bridgehead atoms. The minimum absolute atomic E-state index is 0.137. The van der Waals surface area contributed by atoms with Gasteiger partial charge in [0, 0.05) is 12.0 Å². The molecule has 6 nitrogen and oxygen atoms in total. The Kier molecular flexibility index (Phi) is 4.14. The maximum Gasteiger partial charge on any atom is 0.252 e. The van der Waals surface area contributed by atoms with Gasteiger partial charge in [-0.3, -0.25) is 9.59 Å². The highest BCUT2D eigenvalue weighted by atomic mass is 16.7. The Morgan fingerprint density at radius 1 is 1.09 bits per heavy atom. The number of hydrogen-bond acceptors (Lipinski definition) is 4. The quantitative estimate of drug-likeness (QED) is 0.869. The largest absolute Gasteiger partial charge is 0.454 e. The predicted octanol–water partition coefficient (Wildman–Crippen LogP) is 1.24. The van der Waals surface area contributed by atoms with Crippen molar-refractivity contribution in [3.63, 3.8) is 0 Å². The fourth-order valence-electron chi connectivity index (χ4n) is 2.35. The summed E-state index contributed by atoms with van der Waals surface area (Å²) in [6.45, 7) is 0.137. The van der Waals surface area contributed by atoms with Crippen molar-refractivity contribution in [1.82, 2.24) is 5.32 Å². The molecule has 3 N–H and O–H groups in total. The van der Waals surface area contributed by atoms with Crippen LogP contribution in [-0.2, 0) is 11.2 Å². The summed E-state index contributed by atoms with van der Waals surface area (Å²) < 4.78 is 10.4. The van der Waals surface area contributed by atoms with Gasteiger partial charge >= 0.3 is 0 Å². The lowest BCUT2D eigenvalue weighted by atomic mass is 10.0. The Labute approximate surface area is 133 Å². The molecule has 1 heterocycles. The molecule has 0 radical (unpaired) electrons. The number of hydrogen-bond donors (Lipinski definition) is 2. The molecular weight excluding hydrogens is 296 g/mol. The number of ether oxygens (including phenoxy) is 2. The van der Waals surface area contributed by atoms with Gasteiger partial charge in [-0.25, -0.2) is 0 Å². The zero-order valence-corrected chi connectivity index (χ0v) is 12.3. The summed E-state index contributed by atoms with van der Waals surface area (Å²) in [5.74, 6) is 0.139. The third-order valence-corrected chi connectivity index (χ3v) is 3.57. The number of nitrogens with one attached hydrogen (secondary N) is 1. The highest BCUT2D eigenvalue weighted by Crippen LogP contribution is 2.32. The number of carbonyl (C=O) groups is 2. The second kappa shape index (κ2) is 6.39. The molecule has 1 atom stereocenters. The lowest BCUT2D eigenvalue weighted by Gasteiger charge is -2.15. The first kappa shape index (κ1) is 14.9. The first-order valence-corrected chi connectivity index (χ1v) is 7.17. The summed E-state index contributed by atoms with van der Waals surface area (Å²) in [6, 6.07) is 13.4. The molecule has 1 aliphatic heterocycles. The molecule has 0 spiro atoms. The van der Waals surface area contributed by atoms with E-state index >= 15 is 0 Å². The van der Waals surface area contributed by atoms with E-state index in [1.54, 1.807) is 18.2 Å². The van der Waals surface area contributed by atoms with Gasteiger partial charge in [0.25, 0.3) is 5.91 Å². The fraction of sp³-hybridized carbons (Fsp3) is 0.176. The van der Waals surface area contributed by atoms with E-state index in [9.17, 15) is 9.59 Å². The van der Waals surface area contributed by atoms with E-state index in [1.807, 2.05) is 30.3 Å². The molecule has 23 heavy (non-hydrogen) atoms. The first-order chi connectivity index (χ1) is 11.1. The monoisotopic (exact) mass is 312 g/mol. The van der Waals surface area contributed by atoms with Crippen molar-refractivity contribution < 1.29 is 19.1 Å². The molecule has 1 aliphatic rings. The lowest BCUT2D eigenvalue weighted by Crippen LogP contribution is -2.45. The van der Waals surface area contributed by atoms with Gasteiger partial charge < -0.3 is 20.5 Å². The predicted molar refractivity (Wildman–Crippen MR) is 83.2 cm³/mol. The van der Waals surface area contributed by atoms with Crippen LogP contribution in [0, 0.1) is 0 Å². The second-order valence-electron chi connectivity index (χ2n) is 5.19. The molecule has 2 amide bonds. The minimum Gasteiger partial charge on any atom is -0.454 e. The van der Waals surface area contributed by atoms with Crippen LogP contribution in [0.1, 0.15) is 15.9 Å². The highest BCUT2D eigenvalue weighted by molar-refractivity contribution is 5.97. The van der Waals surface area contributed by atoms with Gasteiger partial charge in [-0.15, -0.1) is 0 Å². The summed E-state index contributed by atoms with van der Waals surface area (Å²) >= 11 is 0. The Bertz CT molecular complexity index is 731. The molecule has 2 aromatic carbocycles. The van der Waals surface area contributed by atoms with Crippen LogP contribution in [0.5, 0.6) is 11.5 Å².